The number of nitrogens with one attached hydrogen (secondary N) is 1. The first-order valence-electron chi connectivity index (χ1n) is 7.31. The molecule has 0 bridgehead atoms. The number of hydrogen-bond acceptors (Lipinski definition) is 3. The highest BCUT2D eigenvalue weighted by Gasteiger charge is 2.16. The van der Waals surface area contributed by atoms with Gasteiger partial charge in [-0.2, -0.15) is 5.10 Å². The van der Waals surface area contributed by atoms with Gasteiger partial charge in [0.05, 0.1) is 0 Å². The molecule has 1 atom stereocenters. The van der Waals surface area contributed by atoms with Gasteiger partial charge in [-0.15, -0.1) is 0 Å². The van der Waals surface area contributed by atoms with Crippen LogP contribution in [0.2, 0.25) is 0 Å². The number of aromatic nitrogens is 3. The lowest BCUT2D eigenvalue weighted by molar-refractivity contribution is 0.550. The predicted octanol–water partition coefficient (Wildman–Crippen LogP) is 2.45. The van der Waals surface area contributed by atoms with Crippen LogP contribution in [0.4, 0.5) is 0 Å². The first kappa shape index (κ1) is 14.7. The largest absolute Gasteiger partial charge is 0.316 e. The van der Waals surface area contributed by atoms with Crippen LogP contribution in [0.25, 0.3) is 0 Å². The van der Waals surface area contributed by atoms with E-state index in [1.807, 2.05) is 11.7 Å². The van der Waals surface area contributed by atoms with Crippen molar-refractivity contribution in [1.82, 2.24) is 20.1 Å². The maximum Gasteiger partial charge on any atom is 0.138 e. The van der Waals surface area contributed by atoms with Crippen LogP contribution in [0, 0.1) is 6.92 Å². The summed E-state index contributed by atoms with van der Waals surface area (Å²) in [5.74, 6) is 1.47. The molecule has 4 nitrogen and oxygen atoms in total. The lowest BCUT2D eigenvalue weighted by Crippen LogP contribution is -2.25. The number of nitrogens with zero attached hydrogens (tertiary/aromatic N) is 3. The third-order valence-electron chi connectivity index (χ3n) is 3.68. The van der Waals surface area contributed by atoms with E-state index in [1.165, 1.54) is 11.1 Å². The second-order valence-corrected chi connectivity index (χ2v) is 5.26. The van der Waals surface area contributed by atoms with Crippen molar-refractivity contribution in [3.63, 3.8) is 0 Å². The summed E-state index contributed by atoms with van der Waals surface area (Å²) in [5, 5.41) is 7.70. The Bertz CT molecular complexity index is 533. The summed E-state index contributed by atoms with van der Waals surface area (Å²) in [4.78, 5) is 4.36. The second kappa shape index (κ2) is 7.20. The zero-order valence-electron chi connectivity index (χ0n) is 12.6. The molecule has 108 valence electrons. The Morgan fingerprint density at radius 2 is 2.10 bits per heavy atom. The summed E-state index contributed by atoms with van der Waals surface area (Å²) >= 11 is 0. The summed E-state index contributed by atoms with van der Waals surface area (Å²) in [7, 11) is 1.96. The van der Waals surface area contributed by atoms with Crippen molar-refractivity contribution < 1.29 is 0 Å². The fraction of sp³-hybridized carbons (Fsp3) is 0.500. The van der Waals surface area contributed by atoms with Crippen LogP contribution < -0.4 is 5.32 Å². The summed E-state index contributed by atoms with van der Waals surface area (Å²) < 4.78 is 1.87. The molecular formula is C16H24N4. The minimum absolute atomic E-state index is 0.436. The molecule has 1 aromatic heterocycles. The van der Waals surface area contributed by atoms with Crippen molar-refractivity contribution in [2.24, 2.45) is 7.05 Å². The SMILES string of the molecule is CCCNCC(Cc1ncnn1C)c1ccccc1C. The molecule has 2 aromatic rings. The number of rotatable bonds is 7. The Morgan fingerprint density at radius 1 is 1.30 bits per heavy atom. The highest BCUT2D eigenvalue weighted by molar-refractivity contribution is 5.30. The third kappa shape index (κ3) is 3.67. The highest BCUT2D eigenvalue weighted by atomic mass is 15.3. The average Bonchev–Trinajstić information content (AvgIpc) is 2.84. The molecule has 0 aliphatic heterocycles. The molecule has 20 heavy (non-hydrogen) atoms. The van der Waals surface area contributed by atoms with Crippen molar-refractivity contribution in [3.05, 3.63) is 47.5 Å². The summed E-state index contributed by atoms with van der Waals surface area (Å²) in [6, 6.07) is 8.62. The molecule has 1 N–H and O–H groups in total. The van der Waals surface area contributed by atoms with Gasteiger partial charge >= 0.3 is 0 Å². The van der Waals surface area contributed by atoms with Gasteiger partial charge in [0.2, 0.25) is 0 Å². The summed E-state index contributed by atoms with van der Waals surface area (Å²) in [6.45, 7) is 6.41. The van der Waals surface area contributed by atoms with E-state index in [1.54, 1.807) is 6.33 Å². The quantitative estimate of drug-likeness (QED) is 0.787. The van der Waals surface area contributed by atoms with E-state index in [4.69, 9.17) is 0 Å². The zero-order chi connectivity index (χ0) is 14.4. The normalized spacial score (nSPS) is 12.6. The van der Waals surface area contributed by atoms with Crippen LogP contribution in [0.3, 0.4) is 0 Å². The first-order valence-corrected chi connectivity index (χ1v) is 7.31. The third-order valence-corrected chi connectivity index (χ3v) is 3.68. The lowest BCUT2D eigenvalue weighted by Gasteiger charge is -2.19. The van der Waals surface area contributed by atoms with E-state index >= 15 is 0 Å². The molecule has 0 amide bonds. The van der Waals surface area contributed by atoms with Crippen LogP contribution in [0.15, 0.2) is 30.6 Å². The fourth-order valence-corrected chi connectivity index (χ4v) is 2.52. The minimum Gasteiger partial charge on any atom is -0.316 e. The number of hydrogen-bond donors (Lipinski definition) is 1. The molecule has 1 aromatic carbocycles. The Hall–Kier alpha value is -1.68. The van der Waals surface area contributed by atoms with Gasteiger partial charge in [0.1, 0.15) is 12.2 Å². The van der Waals surface area contributed by atoms with Crippen molar-refractivity contribution in [2.75, 3.05) is 13.1 Å². The van der Waals surface area contributed by atoms with Gasteiger partial charge in [-0.3, -0.25) is 4.68 Å². The number of aryl methyl sites for hydroxylation is 2. The van der Waals surface area contributed by atoms with Crippen LogP contribution in [0.5, 0.6) is 0 Å². The Kier molecular flexibility index (Phi) is 5.30. The molecule has 0 saturated heterocycles. The molecule has 0 radical (unpaired) electrons. The molecule has 2 rings (SSSR count). The van der Waals surface area contributed by atoms with E-state index < -0.39 is 0 Å². The van der Waals surface area contributed by atoms with E-state index in [9.17, 15) is 0 Å². The van der Waals surface area contributed by atoms with Crippen molar-refractivity contribution in [1.29, 1.82) is 0 Å². The molecule has 1 heterocycles. The van der Waals surface area contributed by atoms with Gasteiger partial charge in [0.15, 0.2) is 0 Å². The van der Waals surface area contributed by atoms with Crippen molar-refractivity contribution in [2.45, 2.75) is 32.6 Å². The lowest BCUT2D eigenvalue weighted by atomic mass is 9.91. The van der Waals surface area contributed by atoms with E-state index in [-0.39, 0.29) is 0 Å². The maximum atomic E-state index is 4.36. The van der Waals surface area contributed by atoms with E-state index in [0.717, 1.165) is 31.8 Å². The standard InChI is InChI=1S/C16H24N4/c1-4-9-17-11-14(10-16-18-12-19-20(16)3)15-8-6-5-7-13(15)2/h5-8,12,14,17H,4,9-11H2,1-3H3. The van der Waals surface area contributed by atoms with Crippen LogP contribution in [-0.2, 0) is 13.5 Å². The van der Waals surface area contributed by atoms with E-state index in [2.05, 4.69) is 53.5 Å². The van der Waals surface area contributed by atoms with Crippen molar-refractivity contribution >= 4 is 0 Å². The minimum atomic E-state index is 0.436. The van der Waals surface area contributed by atoms with Crippen LogP contribution in [0.1, 0.15) is 36.2 Å². The predicted molar refractivity (Wildman–Crippen MR) is 81.8 cm³/mol. The molecule has 0 saturated carbocycles. The Labute approximate surface area is 121 Å². The smallest absolute Gasteiger partial charge is 0.138 e. The maximum absolute atomic E-state index is 4.36. The van der Waals surface area contributed by atoms with E-state index in [0.29, 0.717) is 5.92 Å². The second-order valence-electron chi connectivity index (χ2n) is 5.26. The zero-order valence-corrected chi connectivity index (χ0v) is 12.6. The van der Waals surface area contributed by atoms with Crippen LogP contribution >= 0.6 is 0 Å². The molecule has 0 fully saturated rings. The highest BCUT2D eigenvalue weighted by Crippen LogP contribution is 2.22. The van der Waals surface area contributed by atoms with Crippen molar-refractivity contribution in [3.8, 4) is 0 Å². The molecule has 0 aliphatic carbocycles. The Balaban J connectivity index is 2.16. The fourth-order valence-electron chi connectivity index (χ4n) is 2.52. The number of benzene rings is 1. The molecule has 0 aliphatic rings. The van der Waals surface area contributed by atoms with Gasteiger partial charge in [0.25, 0.3) is 0 Å². The monoisotopic (exact) mass is 272 g/mol. The topological polar surface area (TPSA) is 42.7 Å². The molecule has 4 heteroatoms. The average molecular weight is 272 g/mol. The van der Waals surface area contributed by atoms with Gasteiger partial charge in [-0.25, -0.2) is 4.98 Å². The first-order chi connectivity index (χ1) is 9.72. The van der Waals surface area contributed by atoms with Gasteiger partial charge in [-0.05, 0) is 31.0 Å². The Morgan fingerprint density at radius 3 is 2.75 bits per heavy atom. The summed E-state index contributed by atoms with van der Waals surface area (Å²) in [5.41, 5.74) is 2.75. The van der Waals surface area contributed by atoms with Gasteiger partial charge in [0, 0.05) is 25.9 Å². The summed E-state index contributed by atoms with van der Waals surface area (Å²) in [6.07, 6.45) is 3.70. The van der Waals surface area contributed by atoms with Gasteiger partial charge < -0.3 is 5.32 Å². The molecule has 0 spiro atoms. The van der Waals surface area contributed by atoms with Gasteiger partial charge in [-0.1, -0.05) is 31.2 Å². The molecular weight excluding hydrogens is 248 g/mol. The van der Waals surface area contributed by atoms with Crippen LogP contribution in [-0.4, -0.2) is 27.9 Å². The molecule has 1 unspecified atom stereocenters.